The molecule has 7 nitrogen and oxygen atoms in total. The number of alkyl halides is 3. The number of halogens is 3. The number of hydrogen-bond acceptors (Lipinski definition) is 4. The lowest BCUT2D eigenvalue weighted by atomic mass is 9.92. The van der Waals surface area contributed by atoms with E-state index in [9.17, 15) is 18.0 Å². The molecule has 3 N–H and O–H groups in total. The van der Waals surface area contributed by atoms with Crippen molar-refractivity contribution in [1.29, 1.82) is 0 Å². The molecule has 4 rings (SSSR count). The third-order valence-electron chi connectivity index (χ3n) is 4.97. The smallest absolute Gasteiger partial charge is 0.383 e. The van der Waals surface area contributed by atoms with E-state index in [4.69, 9.17) is 5.73 Å². The van der Waals surface area contributed by atoms with Gasteiger partial charge < -0.3 is 11.1 Å². The fourth-order valence-corrected chi connectivity index (χ4v) is 3.20. The van der Waals surface area contributed by atoms with Crippen LogP contribution in [-0.4, -0.2) is 25.4 Å². The van der Waals surface area contributed by atoms with Gasteiger partial charge in [0.1, 0.15) is 12.1 Å². The van der Waals surface area contributed by atoms with Crippen LogP contribution < -0.4 is 11.1 Å². The fourth-order valence-electron chi connectivity index (χ4n) is 3.20. The number of nitrogens with zero attached hydrogens (tertiary/aromatic N) is 4. The number of hydrogen-bond donors (Lipinski definition) is 2. The summed E-state index contributed by atoms with van der Waals surface area (Å²) in [6.07, 6.45) is -2.97. The summed E-state index contributed by atoms with van der Waals surface area (Å²) in [5, 5.41) is 7.01. The number of imidazole rings is 1. The van der Waals surface area contributed by atoms with Crippen molar-refractivity contribution in [3.8, 4) is 5.69 Å². The van der Waals surface area contributed by atoms with Gasteiger partial charge >= 0.3 is 12.2 Å². The van der Waals surface area contributed by atoms with Crippen molar-refractivity contribution in [2.75, 3.05) is 11.1 Å². The molecule has 2 aromatic heterocycles. The highest BCUT2D eigenvalue weighted by atomic mass is 19.4. The van der Waals surface area contributed by atoms with Gasteiger partial charge in [-0.2, -0.15) is 23.0 Å². The number of amides is 1. The van der Waals surface area contributed by atoms with Crippen molar-refractivity contribution < 1.29 is 18.0 Å². The summed E-state index contributed by atoms with van der Waals surface area (Å²) in [5.41, 5.74) is 7.58. The van der Waals surface area contributed by atoms with Gasteiger partial charge in [-0.05, 0) is 42.5 Å². The number of nitrogen functional groups attached to an aromatic ring is 1. The first kappa shape index (κ1) is 21.4. The van der Waals surface area contributed by atoms with Crippen LogP contribution in [0.2, 0.25) is 0 Å². The minimum atomic E-state index is -4.43. The fraction of sp³-hybridized carbons (Fsp3) is 0.227. The number of benzene rings is 2. The predicted molar refractivity (Wildman–Crippen MR) is 116 cm³/mol. The second-order valence-corrected chi connectivity index (χ2v) is 8.41. The number of anilines is 2. The maximum atomic E-state index is 12.9. The lowest BCUT2D eigenvalue weighted by Crippen LogP contribution is -2.23. The number of aromatic nitrogens is 4. The van der Waals surface area contributed by atoms with E-state index in [0.29, 0.717) is 22.6 Å². The molecule has 0 unspecified atom stereocenters. The van der Waals surface area contributed by atoms with Crippen molar-refractivity contribution in [1.82, 2.24) is 19.3 Å². The Hall–Kier alpha value is -3.82. The Labute approximate surface area is 181 Å². The van der Waals surface area contributed by atoms with Crippen LogP contribution in [0, 0.1) is 0 Å². The average Bonchev–Trinajstić information content (AvgIpc) is 3.31. The predicted octanol–water partition coefficient (Wildman–Crippen LogP) is 5.20. The minimum Gasteiger partial charge on any atom is -0.383 e. The average molecular weight is 442 g/mol. The molecule has 0 fully saturated rings. The van der Waals surface area contributed by atoms with Crippen LogP contribution in [0.25, 0.3) is 16.7 Å². The normalized spacial score (nSPS) is 12.3. The number of carbonyl (C=O) groups is 1. The molecule has 0 saturated heterocycles. The van der Waals surface area contributed by atoms with E-state index in [1.54, 1.807) is 34.9 Å². The van der Waals surface area contributed by atoms with Gasteiger partial charge in [0.25, 0.3) is 0 Å². The van der Waals surface area contributed by atoms with Gasteiger partial charge in [0, 0.05) is 22.9 Å². The molecule has 32 heavy (non-hydrogen) atoms. The first-order valence-electron chi connectivity index (χ1n) is 9.75. The van der Waals surface area contributed by atoms with Gasteiger partial charge in [0.05, 0.1) is 22.3 Å². The third kappa shape index (κ3) is 4.03. The molecule has 0 aliphatic rings. The molecule has 0 spiro atoms. The number of rotatable bonds is 2. The zero-order valence-corrected chi connectivity index (χ0v) is 17.6. The van der Waals surface area contributed by atoms with Gasteiger partial charge in [0.2, 0.25) is 0 Å². The Bertz CT molecular complexity index is 1300. The molecule has 166 valence electrons. The van der Waals surface area contributed by atoms with Gasteiger partial charge in [-0.1, -0.05) is 20.8 Å². The van der Waals surface area contributed by atoms with Gasteiger partial charge in [0.15, 0.2) is 0 Å². The summed E-state index contributed by atoms with van der Waals surface area (Å²) in [4.78, 5) is 16.7. The van der Waals surface area contributed by atoms with E-state index >= 15 is 0 Å². The van der Waals surface area contributed by atoms with E-state index < -0.39 is 17.8 Å². The Balaban J connectivity index is 1.55. The summed E-state index contributed by atoms with van der Waals surface area (Å²) < 4.78 is 41.5. The van der Waals surface area contributed by atoms with Gasteiger partial charge in [-0.25, -0.2) is 9.78 Å². The minimum absolute atomic E-state index is 0.229. The summed E-state index contributed by atoms with van der Waals surface area (Å²) in [7, 11) is 0. The number of nitrogens with two attached hydrogens (primary N) is 1. The van der Waals surface area contributed by atoms with Crippen molar-refractivity contribution in [3.05, 3.63) is 66.1 Å². The third-order valence-corrected chi connectivity index (χ3v) is 4.97. The summed E-state index contributed by atoms with van der Waals surface area (Å²) >= 11 is 0. The summed E-state index contributed by atoms with van der Waals surface area (Å²) in [5.74, 6) is 0.229. The molecule has 10 heteroatoms. The Morgan fingerprint density at radius 3 is 2.31 bits per heavy atom. The number of fused-ring (bicyclic) bond motifs is 1. The molecule has 4 aromatic rings. The molecule has 2 aromatic carbocycles. The van der Waals surface area contributed by atoms with Crippen molar-refractivity contribution in [2.45, 2.75) is 32.4 Å². The lowest BCUT2D eigenvalue weighted by molar-refractivity contribution is -0.137. The first-order valence-corrected chi connectivity index (χ1v) is 9.75. The maximum Gasteiger partial charge on any atom is 0.416 e. The standard InChI is InChI=1S/C22H21F3N6O/c1-21(2,3)18-11-19(26)31(29-18)20(32)28-14-5-7-15(8-6-14)30-12-27-16-10-13(22(23,24)25)4-9-17(16)30/h4-12H,26H2,1-3H3,(H,28,32). The number of carbonyl (C=O) groups excluding carboxylic acids is 1. The molecule has 0 aliphatic heterocycles. The largest absolute Gasteiger partial charge is 0.416 e. The molecular formula is C22H21F3N6O. The van der Waals surface area contributed by atoms with Crippen molar-refractivity contribution in [3.63, 3.8) is 0 Å². The highest BCUT2D eigenvalue weighted by Crippen LogP contribution is 2.31. The second kappa shape index (κ2) is 7.40. The van der Waals surface area contributed by atoms with Gasteiger partial charge in [-0.15, -0.1) is 0 Å². The quantitative estimate of drug-likeness (QED) is 0.446. The zero-order valence-electron chi connectivity index (χ0n) is 17.6. The molecule has 0 aliphatic carbocycles. The van der Waals surface area contributed by atoms with E-state index in [0.717, 1.165) is 16.8 Å². The Kier molecular flexibility index (Phi) is 4.95. The van der Waals surface area contributed by atoms with E-state index in [1.165, 1.54) is 12.4 Å². The summed E-state index contributed by atoms with van der Waals surface area (Å²) in [6.45, 7) is 5.92. The highest BCUT2D eigenvalue weighted by Gasteiger charge is 2.30. The molecular weight excluding hydrogens is 421 g/mol. The molecule has 1 amide bonds. The van der Waals surface area contributed by atoms with Crippen molar-refractivity contribution in [2.24, 2.45) is 0 Å². The Morgan fingerprint density at radius 2 is 1.72 bits per heavy atom. The van der Waals surface area contributed by atoms with Crippen LogP contribution >= 0.6 is 0 Å². The first-order chi connectivity index (χ1) is 14.9. The topological polar surface area (TPSA) is 90.8 Å². The van der Waals surface area contributed by atoms with Crippen molar-refractivity contribution >= 4 is 28.6 Å². The van der Waals surface area contributed by atoms with Gasteiger partial charge in [-0.3, -0.25) is 4.57 Å². The highest BCUT2D eigenvalue weighted by molar-refractivity contribution is 5.92. The van der Waals surface area contributed by atoms with Crippen LogP contribution in [-0.2, 0) is 11.6 Å². The van der Waals surface area contributed by atoms with E-state index in [-0.39, 0.29) is 16.7 Å². The number of nitrogens with one attached hydrogen (secondary N) is 1. The summed E-state index contributed by atoms with van der Waals surface area (Å²) in [6, 6.07) is 11.4. The molecule has 0 radical (unpaired) electrons. The molecule has 0 atom stereocenters. The zero-order chi connectivity index (χ0) is 23.3. The van der Waals surface area contributed by atoms with Crippen LogP contribution in [0.1, 0.15) is 32.0 Å². The monoisotopic (exact) mass is 442 g/mol. The van der Waals surface area contributed by atoms with Crippen LogP contribution in [0.3, 0.4) is 0 Å². The Morgan fingerprint density at radius 1 is 1.03 bits per heavy atom. The van der Waals surface area contributed by atoms with E-state index in [2.05, 4.69) is 15.4 Å². The SMILES string of the molecule is CC(C)(C)c1cc(N)n(C(=O)Nc2ccc(-n3cnc4cc(C(F)(F)F)ccc43)cc2)n1. The van der Waals surface area contributed by atoms with Crippen LogP contribution in [0.5, 0.6) is 0 Å². The molecule has 0 bridgehead atoms. The van der Waals surface area contributed by atoms with Crippen LogP contribution in [0.4, 0.5) is 29.5 Å². The maximum absolute atomic E-state index is 12.9. The molecule has 2 heterocycles. The molecule has 0 saturated carbocycles. The van der Waals surface area contributed by atoms with E-state index in [1.807, 2.05) is 20.8 Å². The lowest BCUT2D eigenvalue weighted by Gasteiger charge is -2.14. The van der Waals surface area contributed by atoms with Crippen LogP contribution in [0.15, 0.2) is 54.9 Å². The second-order valence-electron chi connectivity index (χ2n) is 8.41.